The topological polar surface area (TPSA) is 97.7 Å². The third-order valence-electron chi connectivity index (χ3n) is 2.33. The minimum atomic E-state index is -0.799. The van der Waals surface area contributed by atoms with Gasteiger partial charge in [-0.05, 0) is 19.1 Å². The molecule has 2 rings (SSSR count). The molecule has 0 aliphatic rings. The van der Waals surface area contributed by atoms with Crippen molar-refractivity contribution in [2.45, 2.75) is 6.92 Å². The number of aryl methyl sites for hydroxylation is 1. The molecule has 0 fully saturated rings. The third-order valence-corrected chi connectivity index (χ3v) is 2.33. The van der Waals surface area contributed by atoms with E-state index >= 15 is 0 Å². The van der Waals surface area contributed by atoms with Crippen molar-refractivity contribution in [3.05, 3.63) is 45.8 Å². The summed E-state index contributed by atoms with van der Waals surface area (Å²) in [6, 6.07) is 4.52. The number of rotatable bonds is 2. The van der Waals surface area contributed by atoms with Crippen LogP contribution in [-0.2, 0) is 0 Å². The molecule has 0 bridgehead atoms. The van der Waals surface area contributed by atoms with Crippen molar-refractivity contribution in [2.75, 3.05) is 0 Å². The van der Waals surface area contributed by atoms with Crippen LogP contribution in [0.2, 0.25) is 0 Å². The Morgan fingerprint density at radius 3 is 3.00 bits per heavy atom. The largest absolute Gasteiger partial charge is 0.463 e. The van der Waals surface area contributed by atoms with Crippen molar-refractivity contribution in [3.63, 3.8) is 0 Å². The molecule has 0 unspecified atom stereocenters. The Balaban J connectivity index is 2.47. The summed E-state index contributed by atoms with van der Waals surface area (Å²) in [4.78, 5) is 22.5. The number of nitrogens with zero attached hydrogens (tertiary/aromatic N) is 1. The molecule has 92 valence electrons. The molecule has 1 heterocycles. The second-order valence-corrected chi connectivity index (χ2v) is 3.75. The molecule has 6 heteroatoms. The molecule has 3 N–H and O–H groups in total. The quantitative estimate of drug-likeness (QED) is 0.612. The van der Waals surface area contributed by atoms with Crippen molar-refractivity contribution in [1.82, 2.24) is 5.43 Å². The van der Waals surface area contributed by atoms with Gasteiger partial charge in [0, 0.05) is 0 Å². The highest BCUT2D eigenvalue weighted by Crippen LogP contribution is 2.12. The number of amides is 2. The van der Waals surface area contributed by atoms with Crippen LogP contribution in [0.25, 0.3) is 11.0 Å². The van der Waals surface area contributed by atoms with Gasteiger partial charge in [0.2, 0.25) is 5.43 Å². The number of nitrogens with two attached hydrogens (primary N) is 1. The van der Waals surface area contributed by atoms with Gasteiger partial charge in [-0.3, -0.25) is 4.79 Å². The number of benzene rings is 1. The first kappa shape index (κ1) is 11.8. The zero-order chi connectivity index (χ0) is 13.1. The fraction of sp³-hybridized carbons (Fsp3) is 0.0833. The molecule has 0 atom stereocenters. The zero-order valence-electron chi connectivity index (χ0n) is 9.64. The van der Waals surface area contributed by atoms with E-state index in [0.29, 0.717) is 11.0 Å². The number of fused-ring (bicyclic) bond motifs is 1. The highest BCUT2D eigenvalue weighted by atomic mass is 16.3. The van der Waals surface area contributed by atoms with Crippen LogP contribution in [0.3, 0.4) is 0 Å². The molecular formula is C12H11N3O3. The minimum Gasteiger partial charge on any atom is -0.463 e. The van der Waals surface area contributed by atoms with Crippen molar-refractivity contribution in [3.8, 4) is 0 Å². The molecule has 0 spiro atoms. The molecule has 1 aromatic carbocycles. The van der Waals surface area contributed by atoms with Crippen molar-refractivity contribution in [1.29, 1.82) is 0 Å². The Morgan fingerprint density at radius 2 is 2.28 bits per heavy atom. The third kappa shape index (κ3) is 2.37. The molecule has 0 saturated carbocycles. The van der Waals surface area contributed by atoms with Gasteiger partial charge in [-0.1, -0.05) is 11.6 Å². The minimum absolute atomic E-state index is 0.213. The van der Waals surface area contributed by atoms with E-state index in [9.17, 15) is 9.59 Å². The van der Waals surface area contributed by atoms with E-state index in [0.717, 1.165) is 5.56 Å². The molecule has 1 aromatic heterocycles. The number of hydrogen-bond acceptors (Lipinski definition) is 4. The maximum atomic E-state index is 12.1. The lowest BCUT2D eigenvalue weighted by molar-refractivity contribution is 0.249. The van der Waals surface area contributed by atoms with Gasteiger partial charge in [-0.25, -0.2) is 10.2 Å². The Morgan fingerprint density at radius 1 is 1.50 bits per heavy atom. The summed E-state index contributed by atoms with van der Waals surface area (Å²) in [5, 5.41) is 3.99. The van der Waals surface area contributed by atoms with Crippen LogP contribution in [0.5, 0.6) is 0 Å². The van der Waals surface area contributed by atoms with Crippen molar-refractivity contribution >= 4 is 23.2 Å². The summed E-state index contributed by atoms with van der Waals surface area (Å²) in [6.45, 7) is 1.88. The van der Waals surface area contributed by atoms with Crippen LogP contribution < -0.4 is 16.6 Å². The summed E-state index contributed by atoms with van der Waals surface area (Å²) >= 11 is 0. The van der Waals surface area contributed by atoms with Crippen LogP contribution in [0.1, 0.15) is 11.1 Å². The first-order chi connectivity index (χ1) is 8.58. The van der Waals surface area contributed by atoms with Crippen LogP contribution in [0.4, 0.5) is 4.79 Å². The number of urea groups is 1. The van der Waals surface area contributed by atoms with E-state index in [1.54, 1.807) is 12.1 Å². The number of hydrazone groups is 1. The molecule has 2 amide bonds. The van der Waals surface area contributed by atoms with Crippen molar-refractivity contribution < 1.29 is 9.21 Å². The summed E-state index contributed by atoms with van der Waals surface area (Å²) in [6.07, 6.45) is 2.48. The lowest BCUT2D eigenvalue weighted by atomic mass is 10.1. The molecule has 0 radical (unpaired) electrons. The van der Waals surface area contributed by atoms with Crippen LogP contribution in [0.15, 0.2) is 38.8 Å². The van der Waals surface area contributed by atoms with Crippen LogP contribution >= 0.6 is 0 Å². The van der Waals surface area contributed by atoms with E-state index in [1.165, 1.54) is 12.5 Å². The SMILES string of the molecule is Cc1ccc2occ(/C=N\NC(N)=O)c(=O)c2c1. The molecular weight excluding hydrogens is 234 g/mol. The molecule has 0 aliphatic heterocycles. The number of hydrogen-bond donors (Lipinski definition) is 2. The Labute approximate surface area is 102 Å². The van der Waals surface area contributed by atoms with Gasteiger partial charge in [0.05, 0.1) is 17.2 Å². The highest BCUT2D eigenvalue weighted by molar-refractivity contribution is 5.87. The number of carbonyl (C=O) groups is 1. The monoisotopic (exact) mass is 245 g/mol. The number of nitrogens with one attached hydrogen (secondary N) is 1. The van der Waals surface area contributed by atoms with Crippen molar-refractivity contribution in [2.24, 2.45) is 10.8 Å². The zero-order valence-corrected chi connectivity index (χ0v) is 9.64. The fourth-order valence-electron chi connectivity index (χ4n) is 1.51. The first-order valence-electron chi connectivity index (χ1n) is 5.18. The summed E-state index contributed by atoms with van der Waals surface area (Å²) in [5.74, 6) is 0. The summed E-state index contributed by atoms with van der Waals surface area (Å²) in [5.41, 5.74) is 8.34. The number of carbonyl (C=O) groups excluding carboxylic acids is 1. The lowest BCUT2D eigenvalue weighted by Crippen LogP contribution is -2.24. The lowest BCUT2D eigenvalue weighted by Gasteiger charge is -1.99. The highest BCUT2D eigenvalue weighted by Gasteiger charge is 2.05. The summed E-state index contributed by atoms with van der Waals surface area (Å²) in [7, 11) is 0. The van der Waals surface area contributed by atoms with Crippen LogP contribution in [0, 0.1) is 6.92 Å². The predicted octanol–water partition coefficient (Wildman–Crippen LogP) is 1.10. The molecule has 0 saturated heterocycles. The van der Waals surface area contributed by atoms with Gasteiger partial charge >= 0.3 is 6.03 Å². The van der Waals surface area contributed by atoms with E-state index in [-0.39, 0.29) is 11.0 Å². The summed E-state index contributed by atoms with van der Waals surface area (Å²) < 4.78 is 5.30. The van der Waals surface area contributed by atoms with E-state index in [1.807, 2.05) is 18.4 Å². The Hall–Kier alpha value is -2.63. The standard InChI is InChI=1S/C12H11N3O3/c1-7-2-3-10-9(4-7)11(16)8(6-18-10)5-14-15-12(13)17/h2-6H,1H3,(H3,13,15,17)/b14-5-. The van der Waals surface area contributed by atoms with E-state index in [2.05, 4.69) is 5.10 Å². The van der Waals surface area contributed by atoms with Gasteiger partial charge in [0.15, 0.2) is 0 Å². The van der Waals surface area contributed by atoms with Gasteiger partial charge < -0.3 is 10.2 Å². The second kappa shape index (κ2) is 4.70. The maximum absolute atomic E-state index is 12.1. The van der Waals surface area contributed by atoms with Gasteiger partial charge in [-0.2, -0.15) is 5.10 Å². The fourth-order valence-corrected chi connectivity index (χ4v) is 1.51. The average Bonchev–Trinajstić information content (AvgIpc) is 2.32. The van der Waals surface area contributed by atoms with Gasteiger partial charge in [0.25, 0.3) is 0 Å². The Kier molecular flexibility index (Phi) is 3.09. The molecule has 0 aliphatic carbocycles. The van der Waals surface area contributed by atoms with Gasteiger partial charge in [0.1, 0.15) is 11.8 Å². The maximum Gasteiger partial charge on any atom is 0.332 e. The normalized spacial score (nSPS) is 10.9. The van der Waals surface area contributed by atoms with Gasteiger partial charge in [-0.15, -0.1) is 0 Å². The van der Waals surface area contributed by atoms with Crippen LogP contribution in [-0.4, -0.2) is 12.2 Å². The number of primary amides is 1. The second-order valence-electron chi connectivity index (χ2n) is 3.75. The average molecular weight is 245 g/mol. The first-order valence-corrected chi connectivity index (χ1v) is 5.18. The molecule has 6 nitrogen and oxygen atoms in total. The predicted molar refractivity (Wildman–Crippen MR) is 67.5 cm³/mol. The van der Waals surface area contributed by atoms with E-state index < -0.39 is 6.03 Å². The molecule has 2 aromatic rings. The molecule has 18 heavy (non-hydrogen) atoms. The van der Waals surface area contributed by atoms with E-state index in [4.69, 9.17) is 10.2 Å². The Bertz CT molecular complexity index is 689. The smallest absolute Gasteiger partial charge is 0.332 e.